The first-order valence-corrected chi connectivity index (χ1v) is 8.44. The van der Waals surface area contributed by atoms with Gasteiger partial charge in [0.1, 0.15) is 5.76 Å². The largest absolute Gasteiger partial charge is 0.490 e. The van der Waals surface area contributed by atoms with E-state index in [1.165, 1.54) is 12.8 Å². The van der Waals surface area contributed by atoms with Gasteiger partial charge in [-0.2, -0.15) is 13.2 Å². The highest BCUT2D eigenvalue weighted by atomic mass is 19.4. The summed E-state index contributed by atoms with van der Waals surface area (Å²) in [7, 11) is 1.79. The van der Waals surface area contributed by atoms with Crippen LogP contribution >= 0.6 is 0 Å². The van der Waals surface area contributed by atoms with Crippen LogP contribution in [0.3, 0.4) is 0 Å². The highest BCUT2D eigenvalue weighted by Gasteiger charge is 2.46. The summed E-state index contributed by atoms with van der Waals surface area (Å²) in [6, 6.07) is 4.00. The molecule has 0 amide bonds. The molecule has 1 N–H and O–H groups in total. The van der Waals surface area contributed by atoms with Crippen molar-refractivity contribution in [1.82, 2.24) is 4.90 Å². The monoisotopic (exact) mass is 379 g/mol. The van der Waals surface area contributed by atoms with Crippen molar-refractivity contribution < 1.29 is 37.0 Å². The predicted molar refractivity (Wildman–Crippen MR) is 85.6 cm³/mol. The molecular weight excluding hydrogens is 355 g/mol. The van der Waals surface area contributed by atoms with E-state index >= 15 is 0 Å². The van der Waals surface area contributed by atoms with Gasteiger partial charge in [0, 0.05) is 26.1 Å². The summed E-state index contributed by atoms with van der Waals surface area (Å²) in [6.45, 7) is 4.51. The van der Waals surface area contributed by atoms with Gasteiger partial charge < -0.3 is 19.0 Å². The number of hydrogen-bond acceptors (Lipinski definition) is 5. The summed E-state index contributed by atoms with van der Waals surface area (Å²) in [5, 5.41) is 7.12. The molecule has 2 atom stereocenters. The average molecular weight is 379 g/mol. The van der Waals surface area contributed by atoms with E-state index in [4.69, 9.17) is 23.8 Å². The molecule has 0 unspecified atom stereocenters. The third-order valence-electron chi connectivity index (χ3n) is 4.75. The molecule has 2 fully saturated rings. The van der Waals surface area contributed by atoms with Gasteiger partial charge in [0.15, 0.2) is 0 Å². The first-order valence-electron chi connectivity index (χ1n) is 8.44. The van der Waals surface area contributed by atoms with E-state index in [0.717, 1.165) is 45.0 Å². The number of carbonyl (C=O) groups is 1. The number of carboxylic acid groups (broad SMARTS) is 1. The smallest absolute Gasteiger partial charge is 0.475 e. The number of rotatable bonds is 4. The summed E-state index contributed by atoms with van der Waals surface area (Å²) in [5.74, 6) is -1.18. The van der Waals surface area contributed by atoms with Gasteiger partial charge >= 0.3 is 12.1 Å². The van der Waals surface area contributed by atoms with E-state index in [0.29, 0.717) is 5.92 Å². The van der Waals surface area contributed by atoms with Crippen LogP contribution in [0.2, 0.25) is 0 Å². The Labute approximate surface area is 149 Å². The van der Waals surface area contributed by atoms with Crippen LogP contribution in [0.15, 0.2) is 22.8 Å². The van der Waals surface area contributed by atoms with Gasteiger partial charge in [-0.05, 0) is 25.0 Å². The SMILES string of the molecule is COC[C@@H]1CCC[C@]12CN(Cc1ccco1)CCO2.O=C(O)C(F)(F)F. The van der Waals surface area contributed by atoms with E-state index in [-0.39, 0.29) is 5.60 Å². The zero-order chi connectivity index (χ0) is 19.2. The number of nitrogens with zero attached hydrogens (tertiary/aromatic N) is 1. The highest BCUT2D eigenvalue weighted by molar-refractivity contribution is 5.73. The van der Waals surface area contributed by atoms with Gasteiger partial charge in [-0.15, -0.1) is 0 Å². The first-order chi connectivity index (χ1) is 12.3. The summed E-state index contributed by atoms with van der Waals surface area (Å²) in [5.41, 5.74) is 0.0147. The number of morpholine rings is 1. The molecule has 1 spiro atoms. The molecule has 2 aliphatic rings. The van der Waals surface area contributed by atoms with Crippen LogP contribution in [0, 0.1) is 5.92 Å². The lowest BCUT2D eigenvalue weighted by Gasteiger charge is -2.43. The lowest BCUT2D eigenvalue weighted by Crippen LogP contribution is -2.54. The Bertz CT molecular complexity index is 563. The number of furan rings is 1. The van der Waals surface area contributed by atoms with Crippen LogP contribution < -0.4 is 0 Å². The molecule has 148 valence electrons. The van der Waals surface area contributed by atoms with Crippen molar-refractivity contribution in [3.8, 4) is 0 Å². The molecule has 1 aliphatic carbocycles. The van der Waals surface area contributed by atoms with Crippen molar-refractivity contribution in [2.75, 3.05) is 33.4 Å². The molecule has 26 heavy (non-hydrogen) atoms. The van der Waals surface area contributed by atoms with Gasteiger partial charge in [-0.1, -0.05) is 6.42 Å². The second-order valence-corrected chi connectivity index (χ2v) is 6.55. The maximum Gasteiger partial charge on any atom is 0.490 e. The van der Waals surface area contributed by atoms with Crippen molar-refractivity contribution in [1.29, 1.82) is 0 Å². The molecule has 2 heterocycles. The van der Waals surface area contributed by atoms with Crippen molar-refractivity contribution >= 4 is 5.97 Å². The number of carboxylic acids is 1. The van der Waals surface area contributed by atoms with Crippen LogP contribution in [-0.4, -0.2) is 61.2 Å². The van der Waals surface area contributed by atoms with Crippen molar-refractivity contribution in [3.05, 3.63) is 24.2 Å². The van der Waals surface area contributed by atoms with E-state index in [1.54, 1.807) is 13.4 Å². The summed E-state index contributed by atoms with van der Waals surface area (Å²) in [4.78, 5) is 11.4. The molecule has 1 aromatic rings. The maximum atomic E-state index is 10.6. The number of ether oxygens (including phenoxy) is 2. The van der Waals surface area contributed by atoms with Crippen molar-refractivity contribution in [3.63, 3.8) is 0 Å². The zero-order valence-corrected chi connectivity index (χ0v) is 14.6. The third-order valence-corrected chi connectivity index (χ3v) is 4.75. The minimum absolute atomic E-state index is 0.0147. The summed E-state index contributed by atoms with van der Waals surface area (Å²) >= 11 is 0. The van der Waals surface area contributed by atoms with Crippen molar-refractivity contribution in [2.24, 2.45) is 5.92 Å². The summed E-state index contributed by atoms with van der Waals surface area (Å²) < 4.78 is 48.8. The van der Waals surface area contributed by atoms with Crippen LogP contribution in [0.5, 0.6) is 0 Å². The maximum absolute atomic E-state index is 10.6. The van der Waals surface area contributed by atoms with E-state index in [1.807, 2.05) is 12.1 Å². The molecule has 1 aliphatic heterocycles. The Morgan fingerprint density at radius 1 is 1.50 bits per heavy atom. The van der Waals surface area contributed by atoms with E-state index in [9.17, 15) is 13.2 Å². The predicted octanol–water partition coefficient (Wildman–Crippen LogP) is 2.93. The number of alkyl halides is 3. The second kappa shape index (κ2) is 8.88. The molecule has 1 saturated heterocycles. The fraction of sp³-hybridized carbons (Fsp3) is 0.706. The average Bonchev–Trinajstić information content (AvgIpc) is 3.19. The fourth-order valence-corrected chi connectivity index (χ4v) is 3.59. The first kappa shape index (κ1) is 20.7. The quantitative estimate of drug-likeness (QED) is 0.867. The van der Waals surface area contributed by atoms with E-state index < -0.39 is 12.1 Å². The Morgan fingerprint density at radius 3 is 2.81 bits per heavy atom. The topological polar surface area (TPSA) is 72.1 Å². The molecule has 6 nitrogen and oxygen atoms in total. The van der Waals surface area contributed by atoms with Crippen LogP contribution in [0.1, 0.15) is 25.0 Å². The Kier molecular flexibility index (Phi) is 7.08. The molecule has 3 rings (SSSR count). The zero-order valence-electron chi connectivity index (χ0n) is 14.6. The number of halogens is 3. The van der Waals surface area contributed by atoms with Gasteiger partial charge in [-0.25, -0.2) is 4.79 Å². The minimum Gasteiger partial charge on any atom is -0.475 e. The molecular formula is C17H24F3NO5. The lowest BCUT2D eigenvalue weighted by molar-refractivity contribution is -0.192. The van der Waals surface area contributed by atoms with Crippen LogP contribution in [0.4, 0.5) is 13.2 Å². The third kappa shape index (κ3) is 5.46. The van der Waals surface area contributed by atoms with Crippen molar-refractivity contribution in [2.45, 2.75) is 37.6 Å². The molecule has 1 aromatic heterocycles. The fourth-order valence-electron chi connectivity index (χ4n) is 3.59. The minimum atomic E-state index is -5.08. The van der Waals surface area contributed by atoms with Gasteiger partial charge in [0.25, 0.3) is 0 Å². The lowest BCUT2D eigenvalue weighted by atomic mass is 9.89. The normalized spacial score (nSPS) is 26.5. The molecule has 0 aromatic carbocycles. The molecule has 0 bridgehead atoms. The van der Waals surface area contributed by atoms with Crippen LogP contribution in [0.25, 0.3) is 0 Å². The van der Waals surface area contributed by atoms with E-state index in [2.05, 4.69) is 4.90 Å². The van der Waals surface area contributed by atoms with Gasteiger partial charge in [0.05, 0.1) is 31.6 Å². The molecule has 9 heteroatoms. The van der Waals surface area contributed by atoms with Crippen LogP contribution in [-0.2, 0) is 20.8 Å². The Balaban J connectivity index is 0.000000298. The Hall–Kier alpha value is -1.58. The van der Waals surface area contributed by atoms with Gasteiger partial charge in [-0.3, -0.25) is 4.90 Å². The number of aliphatic carboxylic acids is 1. The number of methoxy groups -OCH3 is 1. The molecule has 0 radical (unpaired) electrons. The standard InChI is InChI=1S/C15H23NO3.C2HF3O2/c1-17-11-13-4-2-6-15(13)12-16(7-9-19-15)10-14-5-3-8-18-14;3-2(4,5)1(6)7/h3,5,8,13H,2,4,6-7,9-12H2,1H3;(H,6,7)/t13-,15-;/m0./s1. The number of hydrogen-bond donors (Lipinski definition) is 1. The summed E-state index contributed by atoms with van der Waals surface area (Å²) in [6.07, 6.45) is 0.301. The Morgan fingerprint density at radius 2 is 2.23 bits per heavy atom. The van der Waals surface area contributed by atoms with Gasteiger partial charge in [0.2, 0.25) is 0 Å². The highest BCUT2D eigenvalue weighted by Crippen LogP contribution is 2.41. The molecule has 1 saturated carbocycles. The second-order valence-electron chi connectivity index (χ2n) is 6.55.